The summed E-state index contributed by atoms with van der Waals surface area (Å²) in [7, 11) is 0. The van der Waals surface area contributed by atoms with Crippen molar-refractivity contribution in [2.24, 2.45) is 0 Å². The van der Waals surface area contributed by atoms with Crippen LogP contribution in [0.4, 0.5) is 0 Å². The van der Waals surface area contributed by atoms with Crippen LogP contribution in [-0.4, -0.2) is 70.9 Å². The second-order valence-corrected chi connectivity index (χ2v) is 12.3. The van der Waals surface area contributed by atoms with Crippen LogP contribution in [0.15, 0.2) is 18.2 Å². The Hall–Kier alpha value is -2.24. The van der Waals surface area contributed by atoms with Gasteiger partial charge in [-0.1, -0.05) is 12.1 Å². The van der Waals surface area contributed by atoms with Gasteiger partial charge in [-0.15, -0.1) is 5.75 Å². The molecule has 1 aliphatic rings. The maximum atomic E-state index is 10.8. The van der Waals surface area contributed by atoms with E-state index in [1.807, 2.05) is 0 Å². The maximum Gasteiger partial charge on any atom is 0.335 e. The number of carbonyl (C=O) groups is 2. The second kappa shape index (κ2) is 13.3. The molecule has 1 saturated heterocycles. The Morgan fingerprint density at radius 3 is 1.56 bits per heavy atom. The van der Waals surface area contributed by atoms with E-state index < -0.39 is 23.3 Å². The molecule has 0 spiro atoms. The molecule has 1 heterocycles. The lowest BCUT2D eigenvalue weighted by Crippen LogP contribution is -2.98. The molecule has 1 aromatic rings. The molecule has 0 amide bonds. The first-order chi connectivity index (χ1) is 15.8. The van der Waals surface area contributed by atoms with E-state index >= 15 is 0 Å². The highest BCUT2D eigenvalue weighted by Gasteiger charge is 2.34. The third-order valence-electron chi connectivity index (χ3n) is 6.07. The average molecular weight is 513 g/mol. The quantitative estimate of drug-likeness (QED) is 0.309. The Morgan fingerprint density at radius 2 is 1.19 bits per heavy atom. The lowest BCUT2D eigenvalue weighted by molar-refractivity contribution is -0.724. The molecule has 208 valence electrons. The first kappa shape index (κ1) is 33.8. The van der Waals surface area contributed by atoms with E-state index in [4.69, 9.17) is 5.11 Å². The Labute approximate surface area is 215 Å². The Kier molecular flexibility index (Phi) is 12.5. The van der Waals surface area contributed by atoms with Crippen molar-refractivity contribution in [1.82, 2.24) is 10.6 Å². The summed E-state index contributed by atoms with van der Waals surface area (Å²) in [6.07, 6.45) is 2.35. The molecule has 1 aromatic carbocycles. The van der Waals surface area contributed by atoms with Gasteiger partial charge in [-0.25, -0.2) is 4.79 Å². The van der Waals surface area contributed by atoms with Gasteiger partial charge in [0.1, 0.15) is 0 Å². The zero-order valence-corrected chi connectivity index (χ0v) is 23.2. The summed E-state index contributed by atoms with van der Waals surface area (Å²) >= 11 is 0. The van der Waals surface area contributed by atoms with Gasteiger partial charge in [0, 0.05) is 37.0 Å². The number of benzene rings is 1. The summed E-state index contributed by atoms with van der Waals surface area (Å²) in [6, 6.07) is 2.52. The van der Waals surface area contributed by atoms with Gasteiger partial charge in [0.25, 0.3) is 0 Å². The number of hydrogen-bond donors (Lipinski definition) is 5. The second-order valence-electron chi connectivity index (χ2n) is 12.3. The van der Waals surface area contributed by atoms with Crippen LogP contribution in [0.1, 0.15) is 88.9 Å². The van der Waals surface area contributed by atoms with Crippen LogP contribution in [0.3, 0.4) is 0 Å². The van der Waals surface area contributed by atoms with E-state index in [9.17, 15) is 19.8 Å². The lowest BCUT2D eigenvalue weighted by atomic mass is 9.85. The minimum Gasteiger partial charge on any atom is -0.872 e. The molecule has 0 unspecified atom stereocenters. The van der Waals surface area contributed by atoms with E-state index in [2.05, 4.69) is 76.7 Å². The van der Waals surface area contributed by atoms with Crippen molar-refractivity contribution in [2.45, 2.75) is 90.4 Å². The summed E-state index contributed by atoms with van der Waals surface area (Å²) in [5, 5.41) is 42.0. The lowest BCUT2D eigenvalue weighted by Gasteiger charge is -2.37. The van der Waals surface area contributed by atoms with Gasteiger partial charge in [-0.2, -0.15) is 0 Å². The van der Waals surface area contributed by atoms with Crippen molar-refractivity contribution >= 4 is 11.9 Å². The van der Waals surface area contributed by atoms with E-state index in [-0.39, 0.29) is 33.2 Å². The van der Waals surface area contributed by atoms with Gasteiger partial charge in [0.05, 0.1) is 35.7 Å². The van der Waals surface area contributed by atoms with Crippen LogP contribution in [0.5, 0.6) is 5.75 Å². The summed E-state index contributed by atoms with van der Waals surface area (Å²) < 4.78 is 0. The van der Waals surface area contributed by atoms with Crippen molar-refractivity contribution in [1.29, 1.82) is 0 Å². The molecule has 36 heavy (non-hydrogen) atoms. The van der Waals surface area contributed by atoms with Crippen molar-refractivity contribution in [3.63, 3.8) is 0 Å². The summed E-state index contributed by atoms with van der Waals surface area (Å²) in [4.78, 5) is 20.7. The molecule has 0 saturated carbocycles. The molecule has 1 aliphatic heterocycles. The summed E-state index contributed by atoms with van der Waals surface area (Å²) in [6.45, 7) is 23.2. The fraction of sp³-hybridized carbons (Fsp3) is 0.692. The predicted molar refractivity (Wildman–Crippen MR) is 136 cm³/mol. The van der Waals surface area contributed by atoms with Gasteiger partial charge < -0.3 is 46.9 Å². The van der Waals surface area contributed by atoms with Crippen LogP contribution in [0.25, 0.3) is 0 Å². The molecule has 0 aromatic heterocycles. The minimum atomic E-state index is -1.57. The number of quaternary nitrogens is 2. The predicted octanol–water partition coefficient (Wildman–Crippen LogP) is -1.80. The van der Waals surface area contributed by atoms with Crippen LogP contribution in [0, 0.1) is 0 Å². The molecule has 2 rings (SSSR count). The summed E-state index contributed by atoms with van der Waals surface area (Å²) in [5.74, 6) is -3.58. The first-order valence-electron chi connectivity index (χ1n) is 12.3. The number of nitrogens with two attached hydrogens (primary N) is 2. The Balaban J connectivity index is 0.000000748. The highest BCUT2D eigenvalue weighted by atomic mass is 16.4. The number of hydrogen-bond acceptors (Lipinski definition) is 6. The molecule has 1 fully saturated rings. The SMILES string of the molecule is CC1(C)CC(C)(C)[NH2+]CCNC(C)(C)CC(C)(C)[NH2+]CCN1.O.O=C([O-])c1cc([O-])cc(C(=O)O)c1. The van der Waals surface area contributed by atoms with Gasteiger partial charge in [0.2, 0.25) is 0 Å². The van der Waals surface area contributed by atoms with Crippen molar-refractivity contribution in [3.8, 4) is 5.75 Å². The van der Waals surface area contributed by atoms with Crippen LogP contribution >= 0.6 is 0 Å². The van der Waals surface area contributed by atoms with Crippen molar-refractivity contribution < 1.29 is 41.0 Å². The fourth-order valence-corrected chi connectivity index (χ4v) is 5.13. The largest absolute Gasteiger partial charge is 0.872 e. The van der Waals surface area contributed by atoms with Gasteiger partial charge in [-0.05, 0) is 67.0 Å². The van der Waals surface area contributed by atoms with Gasteiger partial charge in [-0.3, -0.25) is 0 Å². The number of rotatable bonds is 2. The Bertz CT molecular complexity index is 770. The number of aromatic carboxylic acids is 2. The van der Waals surface area contributed by atoms with Gasteiger partial charge in [0.15, 0.2) is 0 Å². The normalized spacial score (nSPS) is 21.4. The zero-order valence-electron chi connectivity index (χ0n) is 23.2. The first-order valence-corrected chi connectivity index (χ1v) is 12.3. The molecule has 0 aliphatic carbocycles. The standard InChI is InChI=1S/C18H40N4.C8H6O5.H2O/c1-15(2)13-16(3,4)20-11-12-22-18(7,8)14-17(5,6)21-10-9-19-15;9-6-2-4(7(10)11)1-5(3-6)8(12)13;/h19-22H,9-14H2,1-8H3;1-3,9H,(H,10,11)(H,12,13);1H2. The Morgan fingerprint density at radius 1 is 0.806 bits per heavy atom. The third-order valence-corrected chi connectivity index (χ3v) is 6.07. The van der Waals surface area contributed by atoms with Crippen molar-refractivity contribution in [3.05, 3.63) is 29.3 Å². The van der Waals surface area contributed by atoms with E-state index in [0.29, 0.717) is 0 Å². The van der Waals surface area contributed by atoms with E-state index in [1.165, 1.54) is 12.8 Å². The van der Waals surface area contributed by atoms with Crippen LogP contribution in [-0.2, 0) is 0 Å². The third kappa shape index (κ3) is 13.2. The monoisotopic (exact) mass is 512 g/mol. The maximum absolute atomic E-state index is 10.8. The molecule has 9 N–H and O–H groups in total. The average Bonchev–Trinajstić information content (AvgIpc) is 2.66. The molecule has 0 bridgehead atoms. The smallest absolute Gasteiger partial charge is 0.335 e. The molecule has 10 heteroatoms. The van der Waals surface area contributed by atoms with Gasteiger partial charge >= 0.3 is 5.97 Å². The highest BCUT2D eigenvalue weighted by Crippen LogP contribution is 2.18. The highest BCUT2D eigenvalue weighted by molar-refractivity contribution is 5.93. The van der Waals surface area contributed by atoms with Crippen LogP contribution in [0.2, 0.25) is 0 Å². The molecule has 10 nitrogen and oxygen atoms in total. The van der Waals surface area contributed by atoms with E-state index in [1.54, 1.807) is 0 Å². The number of carboxylic acids is 2. The molecular weight excluding hydrogens is 464 g/mol. The number of nitrogens with one attached hydrogen (secondary N) is 2. The van der Waals surface area contributed by atoms with E-state index in [0.717, 1.165) is 44.4 Å². The molecule has 0 radical (unpaired) electrons. The minimum absolute atomic E-state index is 0. The topological polar surface area (TPSA) is 189 Å². The molecule has 0 atom stereocenters. The van der Waals surface area contributed by atoms with Crippen LogP contribution < -0.4 is 31.5 Å². The summed E-state index contributed by atoms with van der Waals surface area (Å²) in [5.41, 5.74) is 0.144. The number of carboxylic acid groups (broad SMARTS) is 2. The zero-order chi connectivity index (χ0) is 27.1. The fourth-order valence-electron chi connectivity index (χ4n) is 5.13. The number of carbonyl (C=O) groups excluding carboxylic acids is 1. The van der Waals surface area contributed by atoms with Crippen molar-refractivity contribution in [2.75, 3.05) is 26.2 Å². The molecular formula is C26H48N4O6.